The first-order valence-electron chi connectivity index (χ1n) is 6.04. The summed E-state index contributed by atoms with van der Waals surface area (Å²) in [6, 6.07) is 5.57. The number of amides is 1. The maximum Gasteiger partial charge on any atom is 0.250 e. The van der Waals surface area contributed by atoms with Gasteiger partial charge in [-0.2, -0.15) is 0 Å². The maximum absolute atomic E-state index is 11.3. The van der Waals surface area contributed by atoms with Crippen LogP contribution < -0.4 is 16.8 Å². The highest BCUT2D eigenvalue weighted by Crippen LogP contribution is 2.29. The quantitative estimate of drug-likeness (QED) is 0.698. The number of carbonyl (C=O) groups excluding carboxylic acids is 1. The highest BCUT2D eigenvalue weighted by molar-refractivity contribution is 5.99. The van der Waals surface area contributed by atoms with Crippen LogP contribution in [0, 0.1) is 5.92 Å². The van der Waals surface area contributed by atoms with Crippen LogP contribution in [0.25, 0.3) is 0 Å². The molecule has 4 heteroatoms. The number of hydrogen-bond acceptors (Lipinski definition) is 3. The lowest BCUT2D eigenvalue weighted by Gasteiger charge is -2.20. The van der Waals surface area contributed by atoms with Gasteiger partial charge >= 0.3 is 0 Å². The van der Waals surface area contributed by atoms with Crippen LogP contribution in [0.1, 0.15) is 36.5 Å². The number of rotatable bonds is 3. The molecular formula is C13H19N3O. The van der Waals surface area contributed by atoms with E-state index in [1.54, 1.807) is 18.2 Å². The molecule has 1 amide bonds. The van der Waals surface area contributed by atoms with Gasteiger partial charge in [0.1, 0.15) is 0 Å². The largest absolute Gasteiger partial charge is 0.399 e. The van der Waals surface area contributed by atoms with Crippen molar-refractivity contribution in [3.63, 3.8) is 0 Å². The number of benzene rings is 1. The van der Waals surface area contributed by atoms with E-state index in [2.05, 4.69) is 12.2 Å². The van der Waals surface area contributed by atoms with Gasteiger partial charge in [0, 0.05) is 17.4 Å². The predicted octanol–water partition coefficient (Wildman–Crippen LogP) is 1.97. The summed E-state index contributed by atoms with van der Waals surface area (Å²) < 4.78 is 0. The van der Waals surface area contributed by atoms with Gasteiger partial charge in [0.25, 0.3) is 5.91 Å². The Morgan fingerprint density at radius 1 is 1.41 bits per heavy atom. The van der Waals surface area contributed by atoms with Crippen LogP contribution in [-0.4, -0.2) is 11.9 Å². The Balaban J connectivity index is 2.24. The maximum atomic E-state index is 11.3. The van der Waals surface area contributed by atoms with E-state index in [1.165, 1.54) is 12.8 Å². The second kappa shape index (κ2) is 4.65. The molecule has 2 atom stereocenters. The predicted molar refractivity (Wildman–Crippen MR) is 69.8 cm³/mol. The van der Waals surface area contributed by atoms with E-state index < -0.39 is 5.91 Å². The van der Waals surface area contributed by atoms with Crippen molar-refractivity contribution in [2.75, 3.05) is 11.1 Å². The average molecular weight is 233 g/mol. The minimum atomic E-state index is -0.418. The van der Waals surface area contributed by atoms with E-state index in [0.717, 1.165) is 12.1 Å². The third-order valence-electron chi connectivity index (χ3n) is 3.51. The van der Waals surface area contributed by atoms with Crippen LogP contribution in [0.2, 0.25) is 0 Å². The smallest absolute Gasteiger partial charge is 0.250 e. The molecule has 1 fully saturated rings. The van der Waals surface area contributed by atoms with Gasteiger partial charge in [0.2, 0.25) is 0 Å². The van der Waals surface area contributed by atoms with Gasteiger partial charge < -0.3 is 16.8 Å². The summed E-state index contributed by atoms with van der Waals surface area (Å²) in [5.41, 5.74) is 13.0. The normalized spacial score (nSPS) is 23.6. The first-order chi connectivity index (χ1) is 8.08. The molecule has 0 heterocycles. The SMILES string of the molecule is CC1CCCC1Nc1cc(N)ccc1C(N)=O. The van der Waals surface area contributed by atoms with E-state index in [4.69, 9.17) is 11.5 Å². The lowest BCUT2D eigenvalue weighted by atomic mass is 10.0. The van der Waals surface area contributed by atoms with Gasteiger partial charge in [0.05, 0.1) is 5.56 Å². The molecule has 1 aliphatic rings. The van der Waals surface area contributed by atoms with Crippen LogP contribution >= 0.6 is 0 Å². The molecule has 1 aliphatic carbocycles. The van der Waals surface area contributed by atoms with E-state index in [0.29, 0.717) is 23.2 Å². The van der Waals surface area contributed by atoms with E-state index in [9.17, 15) is 4.79 Å². The van der Waals surface area contributed by atoms with Crippen LogP contribution in [0.4, 0.5) is 11.4 Å². The molecule has 0 aromatic heterocycles. The van der Waals surface area contributed by atoms with Crippen molar-refractivity contribution >= 4 is 17.3 Å². The van der Waals surface area contributed by atoms with Gasteiger partial charge in [-0.05, 0) is 37.0 Å². The van der Waals surface area contributed by atoms with E-state index in [1.807, 2.05) is 0 Å². The molecule has 0 saturated heterocycles. The number of anilines is 2. The number of hydrogen-bond donors (Lipinski definition) is 3. The molecular weight excluding hydrogens is 214 g/mol. The number of nitrogens with one attached hydrogen (secondary N) is 1. The van der Waals surface area contributed by atoms with Crippen molar-refractivity contribution in [1.82, 2.24) is 0 Å². The highest BCUT2D eigenvalue weighted by Gasteiger charge is 2.24. The summed E-state index contributed by atoms with van der Waals surface area (Å²) in [5, 5.41) is 3.40. The Bertz CT molecular complexity index is 431. The number of nitrogen functional groups attached to an aromatic ring is 1. The van der Waals surface area contributed by atoms with Gasteiger partial charge in [-0.25, -0.2) is 0 Å². The third-order valence-corrected chi connectivity index (χ3v) is 3.51. The lowest BCUT2D eigenvalue weighted by Crippen LogP contribution is -2.24. The second-order valence-electron chi connectivity index (χ2n) is 4.83. The van der Waals surface area contributed by atoms with Crippen molar-refractivity contribution in [2.24, 2.45) is 11.7 Å². The molecule has 17 heavy (non-hydrogen) atoms. The van der Waals surface area contributed by atoms with Crippen molar-refractivity contribution in [1.29, 1.82) is 0 Å². The Morgan fingerprint density at radius 3 is 2.76 bits per heavy atom. The van der Waals surface area contributed by atoms with Crippen molar-refractivity contribution in [2.45, 2.75) is 32.2 Å². The number of carbonyl (C=O) groups is 1. The van der Waals surface area contributed by atoms with Gasteiger partial charge in [-0.15, -0.1) is 0 Å². The summed E-state index contributed by atoms with van der Waals surface area (Å²) in [7, 11) is 0. The molecule has 1 saturated carbocycles. The molecule has 92 valence electrons. The fourth-order valence-electron chi connectivity index (χ4n) is 2.46. The molecule has 0 bridgehead atoms. The minimum Gasteiger partial charge on any atom is -0.399 e. The molecule has 2 unspecified atom stereocenters. The van der Waals surface area contributed by atoms with E-state index in [-0.39, 0.29) is 0 Å². The highest BCUT2D eigenvalue weighted by atomic mass is 16.1. The molecule has 5 N–H and O–H groups in total. The number of primary amides is 1. The Hall–Kier alpha value is -1.71. The van der Waals surface area contributed by atoms with Gasteiger partial charge in [0.15, 0.2) is 0 Å². The summed E-state index contributed by atoms with van der Waals surface area (Å²) >= 11 is 0. The summed E-state index contributed by atoms with van der Waals surface area (Å²) in [5.74, 6) is 0.204. The molecule has 0 aliphatic heterocycles. The average Bonchev–Trinajstić information content (AvgIpc) is 2.64. The molecule has 0 spiro atoms. The van der Waals surface area contributed by atoms with Crippen LogP contribution in [-0.2, 0) is 0 Å². The zero-order valence-electron chi connectivity index (χ0n) is 10.1. The standard InChI is InChI=1S/C13H19N3O/c1-8-3-2-4-11(8)16-12-7-9(14)5-6-10(12)13(15)17/h5-8,11,16H,2-4,14H2,1H3,(H2,15,17). The van der Waals surface area contributed by atoms with E-state index >= 15 is 0 Å². The van der Waals surface area contributed by atoms with Crippen molar-refractivity contribution in [3.05, 3.63) is 23.8 Å². The van der Waals surface area contributed by atoms with Crippen LogP contribution in [0.3, 0.4) is 0 Å². The number of nitrogens with two attached hydrogens (primary N) is 2. The van der Waals surface area contributed by atoms with Crippen LogP contribution in [0.15, 0.2) is 18.2 Å². The topological polar surface area (TPSA) is 81.1 Å². The Kier molecular flexibility index (Phi) is 3.22. The monoisotopic (exact) mass is 233 g/mol. The van der Waals surface area contributed by atoms with Gasteiger partial charge in [-0.1, -0.05) is 13.3 Å². The van der Waals surface area contributed by atoms with Gasteiger partial charge in [-0.3, -0.25) is 4.79 Å². The molecule has 2 rings (SSSR count). The van der Waals surface area contributed by atoms with Crippen LogP contribution in [0.5, 0.6) is 0 Å². The first kappa shape index (κ1) is 11.8. The first-order valence-corrected chi connectivity index (χ1v) is 6.04. The molecule has 4 nitrogen and oxygen atoms in total. The Labute approximate surface area is 101 Å². The summed E-state index contributed by atoms with van der Waals surface area (Å²) in [4.78, 5) is 11.3. The summed E-state index contributed by atoms with van der Waals surface area (Å²) in [6.45, 7) is 2.22. The zero-order chi connectivity index (χ0) is 12.4. The summed E-state index contributed by atoms with van der Waals surface area (Å²) in [6.07, 6.45) is 3.59. The minimum absolute atomic E-state index is 0.412. The molecule has 1 aromatic carbocycles. The molecule has 0 radical (unpaired) electrons. The zero-order valence-corrected chi connectivity index (χ0v) is 10.1. The lowest BCUT2D eigenvalue weighted by molar-refractivity contribution is 0.100. The Morgan fingerprint density at radius 2 is 2.18 bits per heavy atom. The second-order valence-corrected chi connectivity index (χ2v) is 4.83. The third kappa shape index (κ3) is 2.52. The fourth-order valence-corrected chi connectivity index (χ4v) is 2.46. The molecule has 1 aromatic rings. The van der Waals surface area contributed by atoms with Crippen molar-refractivity contribution < 1.29 is 4.79 Å². The fraction of sp³-hybridized carbons (Fsp3) is 0.462. The van der Waals surface area contributed by atoms with Crippen molar-refractivity contribution in [3.8, 4) is 0 Å².